The van der Waals surface area contributed by atoms with Gasteiger partial charge in [0.15, 0.2) is 5.16 Å². The van der Waals surface area contributed by atoms with Gasteiger partial charge >= 0.3 is 0 Å². The van der Waals surface area contributed by atoms with Gasteiger partial charge in [-0.15, -0.1) is 10.2 Å². The summed E-state index contributed by atoms with van der Waals surface area (Å²) in [5.41, 5.74) is 4.00. The molecule has 0 atom stereocenters. The summed E-state index contributed by atoms with van der Waals surface area (Å²) in [5, 5.41) is 10.2. The van der Waals surface area contributed by atoms with E-state index in [1.54, 1.807) is 16.3 Å². The first-order valence-corrected chi connectivity index (χ1v) is 10.3. The molecule has 6 heteroatoms. The summed E-state index contributed by atoms with van der Waals surface area (Å²) >= 11 is 1.62. The van der Waals surface area contributed by atoms with Crippen molar-refractivity contribution in [1.29, 1.82) is 0 Å². The Hall–Kier alpha value is -3.38. The Morgan fingerprint density at radius 1 is 0.862 bits per heavy atom. The molecule has 0 N–H and O–H groups in total. The molecule has 0 amide bonds. The molecule has 0 radical (unpaired) electrons. The maximum Gasteiger partial charge on any atom is 0.267 e. The molecule has 0 saturated carbocycles. The third-order valence-electron chi connectivity index (χ3n) is 5.03. The van der Waals surface area contributed by atoms with Crippen LogP contribution in [0.3, 0.4) is 0 Å². The van der Waals surface area contributed by atoms with Crippen molar-refractivity contribution in [2.24, 2.45) is 0 Å². The average molecular weight is 398 g/mol. The lowest BCUT2D eigenvalue weighted by atomic mass is 10.1. The van der Waals surface area contributed by atoms with Gasteiger partial charge in [-0.2, -0.15) is 0 Å². The molecule has 0 aliphatic heterocycles. The molecule has 5 aromatic rings. The Labute approximate surface area is 171 Å². The van der Waals surface area contributed by atoms with Crippen molar-refractivity contribution in [2.45, 2.75) is 17.8 Å². The first-order valence-electron chi connectivity index (χ1n) is 9.35. The van der Waals surface area contributed by atoms with Crippen molar-refractivity contribution in [2.75, 3.05) is 0 Å². The molecular formula is C23H18N4OS. The zero-order valence-electron chi connectivity index (χ0n) is 15.8. The summed E-state index contributed by atoms with van der Waals surface area (Å²) in [5.74, 6) is 1.30. The van der Waals surface area contributed by atoms with E-state index in [0.29, 0.717) is 11.2 Å². The van der Waals surface area contributed by atoms with Crippen LogP contribution in [0.2, 0.25) is 0 Å². The Balaban J connectivity index is 1.73. The molecule has 2 aromatic heterocycles. The summed E-state index contributed by atoms with van der Waals surface area (Å²) in [6, 6.07) is 25.5. The van der Waals surface area contributed by atoms with Crippen LogP contribution in [0.25, 0.3) is 22.4 Å². The molecule has 0 aliphatic rings. The Kier molecular flexibility index (Phi) is 4.41. The summed E-state index contributed by atoms with van der Waals surface area (Å²) in [7, 11) is 0. The van der Waals surface area contributed by atoms with E-state index >= 15 is 0 Å². The summed E-state index contributed by atoms with van der Waals surface area (Å²) in [6.07, 6.45) is 0. The van der Waals surface area contributed by atoms with Gasteiger partial charge in [0.2, 0.25) is 5.78 Å². The van der Waals surface area contributed by atoms with Crippen molar-refractivity contribution in [1.82, 2.24) is 19.2 Å². The molecule has 0 unspecified atom stereocenters. The van der Waals surface area contributed by atoms with Crippen LogP contribution in [-0.2, 0) is 5.75 Å². The van der Waals surface area contributed by atoms with Crippen LogP contribution in [0, 0.1) is 6.92 Å². The van der Waals surface area contributed by atoms with E-state index in [9.17, 15) is 4.79 Å². The molecular weight excluding hydrogens is 380 g/mol. The molecule has 0 aliphatic carbocycles. The highest BCUT2D eigenvalue weighted by Gasteiger charge is 2.17. The minimum atomic E-state index is -0.0952. The van der Waals surface area contributed by atoms with Gasteiger partial charge < -0.3 is 0 Å². The second kappa shape index (κ2) is 7.22. The fourth-order valence-corrected chi connectivity index (χ4v) is 4.51. The highest BCUT2D eigenvalue weighted by molar-refractivity contribution is 7.98. The Bertz CT molecular complexity index is 1390. The lowest BCUT2D eigenvalue weighted by Gasteiger charge is -2.11. The lowest BCUT2D eigenvalue weighted by Crippen LogP contribution is -2.21. The Morgan fingerprint density at radius 2 is 1.59 bits per heavy atom. The summed E-state index contributed by atoms with van der Waals surface area (Å²) in [6.45, 7) is 2.11. The van der Waals surface area contributed by atoms with Gasteiger partial charge in [0, 0.05) is 5.75 Å². The first-order chi connectivity index (χ1) is 14.2. The zero-order valence-corrected chi connectivity index (χ0v) is 16.6. The van der Waals surface area contributed by atoms with E-state index in [2.05, 4.69) is 29.3 Å². The van der Waals surface area contributed by atoms with Crippen LogP contribution in [0.4, 0.5) is 0 Å². The van der Waals surface area contributed by atoms with Gasteiger partial charge in [-0.05, 0) is 42.3 Å². The fraction of sp³-hybridized carbons (Fsp3) is 0.0870. The van der Waals surface area contributed by atoms with Crippen molar-refractivity contribution >= 4 is 28.4 Å². The summed E-state index contributed by atoms with van der Waals surface area (Å²) < 4.78 is 3.61. The fourth-order valence-electron chi connectivity index (χ4n) is 3.50. The third-order valence-corrected chi connectivity index (χ3v) is 6.00. The van der Waals surface area contributed by atoms with E-state index in [0.717, 1.165) is 22.1 Å². The van der Waals surface area contributed by atoms with E-state index < -0.39 is 0 Å². The predicted molar refractivity (Wildman–Crippen MR) is 117 cm³/mol. The Morgan fingerprint density at radius 3 is 2.41 bits per heavy atom. The van der Waals surface area contributed by atoms with Gasteiger partial charge in [-0.3, -0.25) is 9.20 Å². The smallest absolute Gasteiger partial charge is 0.267 e. The van der Waals surface area contributed by atoms with Gasteiger partial charge in [0.25, 0.3) is 5.56 Å². The molecule has 0 bridgehead atoms. The van der Waals surface area contributed by atoms with Gasteiger partial charge in [-0.25, -0.2) is 4.57 Å². The molecule has 3 aromatic carbocycles. The minimum absolute atomic E-state index is 0.0952. The van der Waals surface area contributed by atoms with E-state index in [1.807, 2.05) is 71.1 Å². The molecule has 5 nitrogen and oxygen atoms in total. The maximum atomic E-state index is 13.3. The number of hydrogen-bond acceptors (Lipinski definition) is 4. The number of aromatic nitrogens is 4. The number of thioether (sulfide) groups is 1. The predicted octanol–water partition coefficient (Wildman–Crippen LogP) is 4.63. The molecule has 142 valence electrons. The second-order valence-electron chi connectivity index (χ2n) is 6.83. The topological polar surface area (TPSA) is 52.2 Å². The van der Waals surface area contributed by atoms with Gasteiger partial charge in [-0.1, -0.05) is 66.4 Å². The van der Waals surface area contributed by atoms with Crippen molar-refractivity contribution in [3.63, 3.8) is 0 Å². The van der Waals surface area contributed by atoms with E-state index in [1.165, 1.54) is 11.1 Å². The normalized spacial score (nSPS) is 11.3. The first kappa shape index (κ1) is 17.7. The standard InChI is InChI=1S/C23H18N4OS/c1-16-9-5-6-10-17(16)15-29-23-25-24-22-26(18-11-3-2-4-12-18)21(28)19-13-7-8-14-20(19)27(22)23/h2-14H,15H2,1H3. The van der Waals surface area contributed by atoms with Crippen LogP contribution in [-0.4, -0.2) is 19.2 Å². The van der Waals surface area contributed by atoms with Crippen LogP contribution in [0.1, 0.15) is 11.1 Å². The largest absolute Gasteiger partial charge is 0.268 e. The maximum absolute atomic E-state index is 13.3. The van der Waals surface area contributed by atoms with E-state index in [-0.39, 0.29) is 5.56 Å². The number of hydrogen-bond donors (Lipinski definition) is 0. The second-order valence-corrected chi connectivity index (χ2v) is 7.77. The molecule has 2 heterocycles. The van der Waals surface area contributed by atoms with Crippen LogP contribution in [0.5, 0.6) is 0 Å². The van der Waals surface area contributed by atoms with Crippen molar-refractivity contribution < 1.29 is 0 Å². The molecule has 0 fully saturated rings. The number of para-hydroxylation sites is 2. The highest BCUT2D eigenvalue weighted by atomic mass is 32.2. The minimum Gasteiger partial charge on any atom is -0.268 e. The molecule has 5 rings (SSSR count). The van der Waals surface area contributed by atoms with Crippen LogP contribution >= 0.6 is 11.8 Å². The quantitative estimate of drug-likeness (QED) is 0.414. The number of nitrogens with zero attached hydrogens (tertiary/aromatic N) is 4. The highest BCUT2D eigenvalue weighted by Crippen LogP contribution is 2.26. The van der Waals surface area contributed by atoms with Crippen LogP contribution < -0.4 is 5.56 Å². The summed E-state index contributed by atoms with van der Waals surface area (Å²) in [4.78, 5) is 13.3. The zero-order chi connectivity index (χ0) is 19.8. The average Bonchev–Trinajstić information content (AvgIpc) is 3.18. The number of fused-ring (bicyclic) bond motifs is 3. The third kappa shape index (κ3) is 3.02. The number of aryl methyl sites for hydroxylation is 1. The lowest BCUT2D eigenvalue weighted by molar-refractivity contribution is 0.930. The van der Waals surface area contributed by atoms with Crippen molar-refractivity contribution in [3.05, 3.63) is 100 Å². The van der Waals surface area contributed by atoms with Gasteiger partial charge in [0.05, 0.1) is 16.6 Å². The molecule has 0 saturated heterocycles. The monoisotopic (exact) mass is 398 g/mol. The van der Waals surface area contributed by atoms with Crippen LogP contribution in [0.15, 0.2) is 88.8 Å². The van der Waals surface area contributed by atoms with Crippen molar-refractivity contribution in [3.8, 4) is 5.69 Å². The SMILES string of the molecule is Cc1ccccc1CSc1nnc2n(-c3ccccc3)c(=O)c3ccccc3n12. The van der Waals surface area contributed by atoms with E-state index in [4.69, 9.17) is 0 Å². The number of rotatable bonds is 4. The number of benzene rings is 3. The molecule has 0 spiro atoms. The molecule has 29 heavy (non-hydrogen) atoms. The van der Waals surface area contributed by atoms with Gasteiger partial charge in [0.1, 0.15) is 0 Å².